The van der Waals surface area contributed by atoms with Crippen LogP contribution in [-0.4, -0.2) is 19.3 Å². The van der Waals surface area contributed by atoms with Crippen LogP contribution in [0.15, 0.2) is 48.5 Å². The second-order valence-electron chi connectivity index (χ2n) is 5.99. The molecule has 1 fully saturated rings. The Labute approximate surface area is 132 Å². The SMILES string of the molecule is COC1CCC(Nc2cccc(-c3ccccc3)c2N)CC1. The minimum atomic E-state index is 0.422. The predicted molar refractivity (Wildman–Crippen MR) is 93.0 cm³/mol. The summed E-state index contributed by atoms with van der Waals surface area (Å²) in [6.07, 6.45) is 4.92. The van der Waals surface area contributed by atoms with Crippen molar-refractivity contribution in [2.75, 3.05) is 18.2 Å². The lowest BCUT2D eigenvalue weighted by molar-refractivity contribution is 0.0682. The van der Waals surface area contributed by atoms with Crippen molar-refractivity contribution in [3.63, 3.8) is 0 Å². The summed E-state index contributed by atoms with van der Waals surface area (Å²) in [7, 11) is 1.81. The molecule has 0 bridgehead atoms. The summed E-state index contributed by atoms with van der Waals surface area (Å²) in [6, 6.07) is 17.0. The summed E-state index contributed by atoms with van der Waals surface area (Å²) in [5.74, 6) is 0. The predicted octanol–water partition coefficient (Wildman–Crippen LogP) is 4.31. The van der Waals surface area contributed by atoms with Gasteiger partial charge in [0.15, 0.2) is 0 Å². The second-order valence-corrected chi connectivity index (χ2v) is 5.99. The number of nitrogen functional groups attached to an aromatic ring is 1. The summed E-state index contributed by atoms with van der Waals surface area (Å²) < 4.78 is 5.44. The van der Waals surface area contributed by atoms with Gasteiger partial charge in [0.1, 0.15) is 0 Å². The first kappa shape index (κ1) is 14.9. The molecule has 2 aromatic carbocycles. The van der Waals surface area contributed by atoms with Crippen molar-refractivity contribution in [3.8, 4) is 11.1 Å². The highest BCUT2D eigenvalue weighted by Crippen LogP contribution is 2.33. The number of benzene rings is 2. The number of nitrogens with two attached hydrogens (primary N) is 1. The second kappa shape index (κ2) is 6.84. The molecule has 0 spiro atoms. The van der Waals surface area contributed by atoms with Gasteiger partial charge in [-0.1, -0.05) is 42.5 Å². The molecule has 1 saturated carbocycles. The number of rotatable bonds is 4. The molecular formula is C19H24N2O. The first-order chi connectivity index (χ1) is 10.8. The maximum absolute atomic E-state index is 6.40. The van der Waals surface area contributed by atoms with Crippen LogP contribution in [0.5, 0.6) is 0 Å². The largest absolute Gasteiger partial charge is 0.397 e. The maximum Gasteiger partial charge on any atom is 0.0629 e. The molecule has 0 aliphatic heterocycles. The first-order valence-corrected chi connectivity index (χ1v) is 8.01. The standard InChI is InChI=1S/C19H24N2O/c1-22-16-12-10-15(11-13-16)21-18-9-5-8-17(19(18)20)14-6-3-2-4-7-14/h2-9,15-16,21H,10-13,20H2,1H3. The van der Waals surface area contributed by atoms with Crippen molar-refractivity contribution in [2.24, 2.45) is 0 Å². The minimum Gasteiger partial charge on any atom is -0.397 e. The fourth-order valence-corrected chi connectivity index (χ4v) is 3.22. The van der Waals surface area contributed by atoms with Gasteiger partial charge in [0, 0.05) is 18.7 Å². The van der Waals surface area contributed by atoms with Gasteiger partial charge in [-0.05, 0) is 37.3 Å². The van der Waals surface area contributed by atoms with E-state index in [4.69, 9.17) is 10.5 Å². The molecule has 0 aromatic heterocycles. The smallest absolute Gasteiger partial charge is 0.0629 e. The molecule has 1 aliphatic rings. The quantitative estimate of drug-likeness (QED) is 0.827. The van der Waals surface area contributed by atoms with Crippen LogP contribution >= 0.6 is 0 Å². The van der Waals surface area contributed by atoms with Crippen LogP contribution in [0, 0.1) is 0 Å². The molecule has 3 rings (SSSR count). The van der Waals surface area contributed by atoms with E-state index < -0.39 is 0 Å². The minimum absolute atomic E-state index is 0.422. The Morgan fingerprint density at radius 1 is 0.955 bits per heavy atom. The number of methoxy groups -OCH3 is 1. The highest BCUT2D eigenvalue weighted by atomic mass is 16.5. The number of hydrogen-bond acceptors (Lipinski definition) is 3. The molecule has 2 aromatic rings. The molecule has 0 unspecified atom stereocenters. The van der Waals surface area contributed by atoms with Gasteiger partial charge in [0.05, 0.1) is 17.5 Å². The zero-order valence-electron chi connectivity index (χ0n) is 13.1. The topological polar surface area (TPSA) is 47.3 Å². The van der Waals surface area contributed by atoms with Gasteiger partial charge in [0.2, 0.25) is 0 Å². The Balaban J connectivity index is 1.75. The maximum atomic E-state index is 6.40. The lowest BCUT2D eigenvalue weighted by Crippen LogP contribution is -2.29. The Kier molecular flexibility index (Phi) is 4.64. The number of anilines is 2. The van der Waals surface area contributed by atoms with Gasteiger partial charge in [-0.15, -0.1) is 0 Å². The van der Waals surface area contributed by atoms with Gasteiger partial charge in [-0.2, -0.15) is 0 Å². The lowest BCUT2D eigenvalue weighted by Gasteiger charge is -2.29. The number of nitrogens with one attached hydrogen (secondary N) is 1. The monoisotopic (exact) mass is 296 g/mol. The molecule has 1 aliphatic carbocycles. The van der Waals surface area contributed by atoms with Crippen LogP contribution in [0.3, 0.4) is 0 Å². The molecule has 22 heavy (non-hydrogen) atoms. The molecule has 3 nitrogen and oxygen atoms in total. The summed E-state index contributed by atoms with van der Waals surface area (Å²) in [6.45, 7) is 0. The van der Waals surface area contributed by atoms with Crippen molar-refractivity contribution in [3.05, 3.63) is 48.5 Å². The van der Waals surface area contributed by atoms with E-state index in [2.05, 4.69) is 35.6 Å². The van der Waals surface area contributed by atoms with Crippen LogP contribution in [-0.2, 0) is 4.74 Å². The van der Waals surface area contributed by atoms with E-state index in [-0.39, 0.29) is 0 Å². The van der Waals surface area contributed by atoms with Crippen molar-refractivity contribution in [1.29, 1.82) is 0 Å². The Morgan fingerprint density at radius 3 is 2.36 bits per heavy atom. The van der Waals surface area contributed by atoms with Crippen LogP contribution < -0.4 is 11.1 Å². The van der Waals surface area contributed by atoms with E-state index in [1.54, 1.807) is 7.11 Å². The molecule has 3 N–H and O–H groups in total. The lowest BCUT2D eigenvalue weighted by atomic mass is 9.92. The molecular weight excluding hydrogens is 272 g/mol. The van der Waals surface area contributed by atoms with Crippen molar-refractivity contribution in [1.82, 2.24) is 0 Å². The fourth-order valence-electron chi connectivity index (χ4n) is 3.22. The fraction of sp³-hybridized carbons (Fsp3) is 0.368. The average Bonchev–Trinajstić information content (AvgIpc) is 2.58. The molecule has 3 heteroatoms. The van der Waals surface area contributed by atoms with E-state index in [0.29, 0.717) is 12.1 Å². The van der Waals surface area contributed by atoms with Crippen LogP contribution in [0.25, 0.3) is 11.1 Å². The van der Waals surface area contributed by atoms with Crippen molar-refractivity contribution in [2.45, 2.75) is 37.8 Å². The third-order valence-corrected chi connectivity index (χ3v) is 4.56. The molecule has 0 saturated heterocycles. The van der Waals surface area contributed by atoms with E-state index in [9.17, 15) is 0 Å². The zero-order valence-corrected chi connectivity index (χ0v) is 13.1. The molecule has 116 valence electrons. The number of hydrogen-bond donors (Lipinski definition) is 2. The van der Waals surface area contributed by atoms with E-state index >= 15 is 0 Å². The van der Waals surface area contributed by atoms with Crippen molar-refractivity contribution < 1.29 is 4.74 Å². The van der Waals surface area contributed by atoms with Gasteiger partial charge < -0.3 is 15.8 Å². The summed E-state index contributed by atoms with van der Waals surface area (Å²) in [5, 5.41) is 3.62. The highest BCUT2D eigenvalue weighted by molar-refractivity contribution is 5.85. The molecule has 0 atom stereocenters. The normalized spacial score (nSPS) is 21.5. The molecule has 0 radical (unpaired) electrons. The number of ether oxygens (including phenoxy) is 1. The van der Waals surface area contributed by atoms with Gasteiger partial charge in [0.25, 0.3) is 0 Å². The highest BCUT2D eigenvalue weighted by Gasteiger charge is 2.21. The van der Waals surface area contributed by atoms with Gasteiger partial charge in [-0.3, -0.25) is 0 Å². The van der Waals surface area contributed by atoms with Crippen molar-refractivity contribution >= 4 is 11.4 Å². The van der Waals surface area contributed by atoms with Crippen LogP contribution in [0.2, 0.25) is 0 Å². The summed E-state index contributed by atoms with van der Waals surface area (Å²) in [4.78, 5) is 0. The summed E-state index contributed by atoms with van der Waals surface area (Å²) in [5.41, 5.74) is 10.5. The summed E-state index contributed by atoms with van der Waals surface area (Å²) >= 11 is 0. The average molecular weight is 296 g/mol. The zero-order chi connectivity index (χ0) is 15.4. The molecule has 0 heterocycles. The number of para-hydroxylation sites is 1. The van der Waals surface area contributed by atoms with E-state index in [1.165, 1.54) is 0 Å². The van der Waals surface area contributed by atoms with E-state index in [0.717, 1.165) is 48.2 Å². The van der Waals surface area contributed by atoms with Crippen LogP contribution in [0.1, 0.15) is 25.7 Å². The van der Waals surface area contributed by atoms with E-state index in [1.807, 2.05) is 18.2 Å². The Hall–Kier alpha value is -2.00. The van der Waals surface area contributed by atoms with Crippen LogP contribution in [0.4, 0.5) is 11.4 Å². The third kappa shape index (κ3) is 3.25. The molecule has 0 amide bonds. The Bertz CT molecular complexity index is 604. The van der Waals surface area contributed by atoms with Gasteiger partial charge >= 0.3 is 0 Å². The Morgan fingerprint density at radius 2 is 1.68 bits per heavy atom. The first-order valence-electron chi connectivity index (χ1n) is 8.01. The third-order valence-electron chi connectivity index (χ3n) is 4.56. The van der Waals surface area contributed by atoms with Gasteiger partial charge in [-0.25, -0.2) is 0 Å².